The lowest BCUT2D eigenvalue weighted by atomic mass is 9.99. The number of anilines is 2. The molecule has 1 aliphatic rings. The van der Waals surface area contributed by atoms with Gasteiger partial charge in [-0.3, -0.25) is 4.79 Å². The number of amides is 1. The molecule has 0 spiro atoms. The van der Waals surface area contributed by atoms with Crippen LogP contribution in [0.15, 0.2) is 40.9 Å². The Morgan fingerprint density at radius 3 is 2.81 bits per heavy atom. The Morgan fingerprint density at radius 2 is 2.00 bits per heavy atom. The summed E-state index contributed by atoms with van der Waals surface area (Å²) in [6.45, 7) is 0.571. The summed E-state index contributed by atoms with van der Waals surface area (Å²) in [6, 6.07) is 10.2. The lowest BCUT2D eigenvalue weighted by molar-refractivity contribution is 0.0981. The largest absolute Gasteiger partial charge is 0.398 e. The minimum Gasteiger partial charge on any atom is -0.398 e. The Balaban J connectivity index is 2.05. The van der Waals surface area contributed by atoms with E-state index in [0.29, 0.717) is 12.2 Å². The molecule has 0 atom stereocenters. The molecule has 0 saturated carbocycles. The van der Waals surface area contributed by atoms with Gasteiger partial charge in [0.25, 0.3) is 5.91 Å². The molecule has 1 amide bonds. The van der Waals surface area contributed by atoms with Crippen molar-refractivity contribution >= 4 is 33.2 Å². The molecule has 3 rings (SSSR count). The van der Waals surface area contributed by atoms with Crippen LogP contribution < -0.4 is 10.6 Å². The molecule has 0 saturated heterocycles. The highest BCUT2D eigenvalue weighted by Crippen LogP contribution is 2.33. The molecule has 0 fully saturated rings. The smallest absolute Gasteiger partial charge is 0.261 e. The fourth-order valence-corrected chi connectivity index (χ4v) is 3.04. The highest BCUT2D eigenvalue weighted by Gasteiger charge is 2.26. The van der Waals surface area contributed by atoms with E-state index in [4.69, 9.17) is 5.73 Å². The number of rotatable bonds is 1. The summed E-state index contributed by atoms with van der Waals surface area (Å²) < 4.78 is 14.4. The third kappa shape index (κ3) is 2.42. The van der Waals surface area contributed by atoms with Crippen LogP contribution in [0.2, 0.25) is 0 Å². The average molecular weight is 349 g/mol. The molecule has 108 valence electrons. The predicted octanol–water partition coefficient (Wildman–Crippen LogP) is 3.76. The van der Waals surface area contributed by atoms with E-state index < -0.39 is 5.82 Å². The summed E-state index contributed by atoms with van der Waals surface area (Å²) in [5.74, 6) is -0.862. The highest BCUT2D eigenvalue weighted by atomic mass is 79.9. The maximum absolute atomic E-state index is 14.1. The number of halogens is 2. The second-order valence-corrected chi connectivity index (χ2v) is 5.86. The van der Waals surface area contributed by atoms with Gasteiger partial charge in [-0.05, 0) is 58.6 Å². The Bertz CT molecular complexity index is 717. The SMILES string of the molecule is Nc1cccc2c1CCCN2C(=O)c1cccc(Br)c1F. The summed E-state index contributed by atoms with van der Waals surface area (Å²) in [6.07, 6.45) is 1.66. The van der Waals surface area contributed by atoms with Gasteiger partial charge in [-0.2, -0.15) is 0 Å². The quantitative estimate of drug-likeness (QED) is 0.797. The molecule has 1 aliphatic heterocycles. The first kappa shape index (κ1) is 14.1. The third-order valence-electron chi connectivity index (χ3n) is 3.71. The van der Waals surface area contributed by atoms with Crippen LogP contribution in [0.5, 0.6) is 0 Å². The first-order valence-electron chi connectivity index (χ1n) is 6.73. The minimum absolute atomic E-state index is 0.0691. The van der Waals surface area contributed by atoms with Crippen LogP contribution in [0.4, 0.5) is 15.8 Å². The standard InChI is InChI=1S/C16H14BrFN2O/c17-12-6-1-4-11(15(12)18)16(21)20-9-3-5-10-13(19)7-2-8-14(10)20/h1-2,4,6-8H,3,5,9,19H2. The van der Waals surface area contributed by atoms with Crippen molar-refractivity contribution in [1.29, 1.82) is 0 Å². The van der Waals surface area contributed by atoms with Gasteiger partial charge in [0.1, 0.15) is 5.82 Å². The molecule has 0 bridgehead atoms. The second-order valence-electron chi connectivity index (χ2n) is 5.01. The molecule has 0 unspecified atom stereocenters. The van der Waals surface area contributed by atoms with E-state index >= 15 is 0 Å². The Morgan fingerprint density at radius 1 is 1.24 bits per heavy atom. The topological polar surface area (TPSA) is 46.3 Å². The first-order valence-corrected chi connectivity index (χ1v) is 7.52. The maximum Gasteiger partial charge on any atom is 0.261 e. The van der Waals surface area contributed by atoms with E-state index in [9.17, 15) is 9.18 Å². The predicted molar refractivity (Wildman–Crippen MR) is 85.0 cm³/mol. The van der Waals surface area contributed by atoms with Crippen LogP contribution in [0, 0.1) is 5.82 Å². The normalized spacial score (nSPS) is 13.9. The van der Waals surface area contributed by atoms with Crippen molar-refractivity contribution in [2.45, 2.75) is 12.8 Å². The van der Waals surface area contributed by atoms with Crippen molar-refractivity contribution in [2.75, 3.05) is 17.2 Å². The van der Waals surface area contributed by atoms with Crippen molar-refractivity contribution in [3.8, 4) is 0 Å². The molecule has 0 aromatic heterocycles. The lowest BCUT2D eigenvalue weighted by Crippen LogP contribution is -2.36. The monoisotopic (exact) mass is 348 g/mol. The van der Waals surface area contributed by atoms with Crippen LogP contribution in [-0.2, 0) is 6.42 Å². The molecule has 1 heterocycles. The van der Waals surface area contributed by atoms with Crippen LogP contribution in [0.3, 0.4) is 0 Å². The number of nitrogen functional groups attached to an aromatic ring is 1. The molecule has 3 nitrogen and oxygen atoms in total. The van der Waals surface area contributed by atoms with Gasteiger partial charge in [0.05, 0.1) is 10.0 Å². The fourth-order valence-electron chi connectivity index (χ4n) is 2.68. The van der Waals surface area contributed by atoms with Gasteiger partial charge in [-0.25, -0.2) is 4.39 Å². The summed E-state index contributed by atoms with van der Waals surface area (Å²) in [5.41, 5.74) is 8.47. The van der Waals surface area contributed by atoms with Crippen molar-refractivity contribution in [2.24, 2.45) is 0 Å². The number of carbonyl (C=O) groups is 1. The van der Waals surface area contributed by atoms with Gasteiger partial charge >= 0.3 is 0 Å². The molecule has 0 radical (unpaired) electrons. The molecule has 21 heavy (non-hydrogen) atoms. The Kier molecular flexibility index (Phi) is 3.68. The Hall–Kier alpha value is -1.88. The van der Waals surface area contributed by atoms with Crippen LogP contribution >= 0.6 is 15.9 Å². The van der Waals surface area contributed by atoms with Gasteiger partial charge in [0.2, 0.25) is 0 Å². The number of nitrogens with two attached hydrogens (primary N) is 1. The van der Waals surface area contributed by atoms with E-state index in [-0.39, 0.29) is 15.9 Å². The number of benzene rings is 2. The average Bonchev–Trinajstić information content (AvgIpc) is 2.49. The zero-order chi connectivity index (χ0) is 15.0. The molecule has 0 aliphatic carbocycles. The molecule has 5 heteroatoms. The van der Waals surface area contributed by atoms with Crippen molar-refractivity contribution in [1.82, 2.24) is 0 Å². The summed E-state index contributed by atoms with van der Waals surface area (Å²) in [4.78, 5) is 14.3. The number of nitrogens with zero attached hydrogens (tertiary/aromatic N) is 1. The maximum atomic E-state index is 14.1. The van der Waals surface area contributed by atoms with Crippen molar-refractivity contribution < 1.29 is 9.18 Å². The molecule has 2 aromatic rings. The van der Waals surface area contributed by atoms with E-state index in [0.717, 1.165) is 24.1 Å². The fraction of sp³-hybridized carbons (Fsp3) is 0.188. The van der Waals surface area contributed by atoms with Crippen molar-refractivity contribution in [3.63, 3.8) is 0 Å². The molecular formula is C16H14BrFN2O. The first-order chi connectivity index (χ1) is 10.1. The van der Waals surface area contributed by atoms with Crippen LogP contribution in [0.1, 0.15) is 22.3 Å². The van der Waals surface area contributed by atoms with E-state index in [2.05, 4.69) is 15.9 Å². The van der Waals surface area contributed by atoms with E-state index in [1.165, 1.54) is 6.07 Å². The summed E-state index contributed by atoms with van der Waals surface area (Å²) in [7, 11) is 0. The number of fused-ring (bicyclic) bond motifs is 1. The van der Waals surface area contributed by atoms with Crippen molar-refractivity contribution in [3.05, 3.63) is 57.8 Å². The number of hydrogen-bond acceptors (Lipinski definition) is 2. The highest BCUT2D eigenvalue weighted by molar-refractivity contribution is 9.10. The van der Waals surface area contributed by atoms with Gasteiger partial charge in [-0.1, -0.05) is 12.1 Å². The molecule has 2 N–H and O–H groups in total. The van der Waals surface area contributed by atoms with Gasteiger partial charge in [-0.15, -0.1) is 0 Å². The molecular weight excluding hydrogens is 335 g/mol. The number of carbonyl (C=O) groups excluding carboxylic acids is 1. The molecule has 2 aromatic carbocycles. The summed E-state index contributed by atoms with van der Waals surface area (Å²) in [5, 5.41) is 0. The van der Waals surface area contributed by atoms with E-state index in [1.54, 1.807) is 17.0 Å². The van der Waals surface area contributed by atoms with Gasteiger partial charge in [0.15, 0.2) is 0 Å². The zero-order valence-electron chi connectivity index (χ0n) is 11.3. The second kappa shape index (κ2) is 5.48. The third-order valence-corrected chi connectivity index (χ3v) is 4.33. The van der Waals surface area contributed by atoms with Crippen LogP contribution in [0.25, 0.3) is 0 Å². The summed E-state index contributed by atoms with van der Waals surface area (Å²) >= 11 is 3.12. The minimum atomic E-state index is -0.529. The van der Waals surface area contributed by atoms with E-state index in [1.807, 2.05) is 18.2 Å². The Labute approximate surface area is 130 Å². The van der Waals surface area contributed by atoms with Gasteiger partial charge < -0.3 is 10.6 Å². The lowest BCUT2D eigenvalue weighted by Gasteiger charge is -2.30. The van der Waals surface area contributed by atoms with Crippen LogP contribution in [-0.4, -0.2) is 12.5 Å². The number of hydrogen-bond donors (Lipinski definition) is 1. The van der Waals surface area contributed by atoms with Gasteiger partial charge in [0, 0.05) is 17.9 Å². The zero-order valence-corrected chi connectivity index (χ0v) is 12.9.